The van der Waals surface area contributed by atoms with E-state index in [0.29, 0.717) is 18.9 Å². The second-order valence-electron chi connectivity index (χ2n) is 5.53. The Morgan fingerprint density at radius 2 is 2.13 bits per heavy atom. The number of amides is 1. The molecule has 0 aliphatic carbocycles. The molecule has 0 atom stereocenters. The van der Waals surface area contributed by atoms with E-state index in [9.17, 15) is 4.79 Å². The molecule has 1 aromatic heterocycles. The van der Waals surface area contributed by atoms with E-state index in [1.807, 2.05) is 18.2 Å². The first-order valence-electron chi connectivity index (χ1n) is 7.79. The van der Waals surface area contributed by atoms with Crippen molar-refractivity contribution in [3.05, 3.63) is 30.1 Å². The van der Waals surface area contributed by atoms with Crippen molar-refractivity contribution in [2.24, 2.45) is 10.9 Å². The fourth-order valence-electron chi connectivity index (χ4n) is 2.72. The smallest absolute Gasteiger partial charge is 0.220 e. The number of hydrogen-bond acceptors (Lipinski definition) is 3. The zero-order chi connectivity index (χ0) is 15.8. The molecule has 6 nitrogen and oxygen atoms in total. The maximum absolute atomic E-state index is 11.4. The Morgan fingerprint density at radius 1 is 1.39 bits per heavy atom. The number of guanidine groups is 1. The molecule has 2 N–H and O–H groups in total. The van der Waals surface area contributed by atoms with E-state index in [0.717, 1.165) is 37.6 Å². The lowest BCUT2D eigenvalue weighted by atomic mass is 9.93. The molecule has 0 aromatic carbocycles. The molecule has 7 heteroatoms. The minimum atomic E-state index is 0. The third kappa shape index (κ3) is 6.32. The fraction of sp³-hybridized carbons (Fsp3) is 0.562. The Bertz CT molecular complexity index is 500. The van der Waals surface area contributed by atoms with Crippen LogP contribution in [0.5, 0.6) is 0 Å². The van der Waals surface area contributed by atoms with E-state index in [4.69, 9.17) is 0 Å². The van der Waals surface area contributed by atoms with Gasteiger partial charge in [-0.15, -0.1) is 24.0 Å². The second kappa shape index (κ2) is 10.4. The van der Waals surface area contributed by atoms with E-state index in [-0.39, 0.29) is 29.9 Å². The van der Waals surface area contributed by atoms with Crippen LogP contribution in [0.25, 0.3) is 0 Å². The summed E-state index contributed by atoms with van der Waals surface area (Å²) in [7, 11) is 3.50. The summed E-state index contributed by atoms with van der Waals surface area (Å²) in [4.78, 5) is 22.4. The van der Waals surface area contributed by atoms with Crippen LogP contribution in [0.1, 0.15) is 25.0 Å². The van der Waals surface area contributed by atoms with Gasteiger partial charge in [0.15, 0.2) is 5.96 Å². The number of pyridine rings is 1. The number of aliphatic imine (C=N–C) groups is 1. The number of carbonyl (C=O) groups excluding carboxylic acids is 1. The van der Waals surface area contributed by atoms with Crippen molar-refractivity contribution in [2.75, 3.05) is 27.2 Å². The molecule has 2 rings (SSSR count). The number of nitrogens with zero attached hydrogens (tertiary/aromatic N) is 3. The summed E-state index contributed by atoms with van der Waals surface area (Å²) < 4.78 is 0. The second-order valence-corrected chi connectivity index (χ2v) is 5.53. The molecule has 2 heterocycles. The van der Waals surface area contributed by atoms with Gasteiger partial charge in [-0.2, -0.15) is 0 Å². The highest BCUT2D eigenvalue weighted by Crippen LogP contribution is 2.20. The van der Waals surface area contributed by atoms with Crippen LogP contribution in [0.4, 0.5) is 0 Å². The van der Waals surface area contributed by atoms with Gasteiger partial charge in [0.1, 0.15) is 0 Å². The highest BCUT2D eigenvalue weighted by Gasteiger charge is 2.22. The largest absolute Gasteiger partial charge is 0.359 e. The van der Waals surface area contributed by atoms with Crippen molar-refractivity contribution in [1.29, 1.82) is 0 Å². The van der Waals surface area contributed by atoms with Gasteiger partial charge in [0, 0.05) is 39.8 Å². The summed E-state index contributed by atoms with van der Waals surface area (Å²) in [5, 5.41) is 6.06. The Kier molecular flexibility index (Phi) is 8.90. The van der Waals surface area contributed by atoms with Crippen LogP contribution < -0.4 is 10.6 Å². The molecule has 1 saturated heterocycles. The summed E-state index contributed by atoms with van der Waals surface area (Å²) in [6, 6.07) is 5.89. The molecule has 0 spiro atoms. The van der Waals surface area contributed by atoms with Gasteiger partial charge in [0.25, 0.3) is 0 Å². The summed E-state index contributed by atoms with van der Waals surface area (Å²) in [5.74, 6) is 1.52. The van der Waals surface area contributed by atoms with Crippen LogP contribution in [0, 0.1) is 5.92 Å². The average Bonchev–Trinajstić information content (AvgIpc) is 2.57. The van der Waals surface area contributed by atoms with Gasteiger partial charge in [0.05, 0.1) is 12.2 Å². The van der Waals surface area contributed by atoms with Crippen LogP contribution in [-0.2, 0) is 11.3 Å². The third-order valence-electron chi connectivity index (χ3n) is 4.03. The molecule has 1 aliphatic rings. The van der Waals surface area contributed by atoms with Crippen molar-refractivity contribution >= 4 is 35.8 Å². The summed E-state index contributed by atoms with van der Waals surface area (Å²) >= 11 is 0. The molecule has 0 unspecified atom stereocenters. The number of nitrogens with one attached hydrogen (secondary N) is 2. The molecule has 1 fully saturated rings. The predicted octanol–water partition coefficient (Wildman–Crippen LogP) is 1.62. The molecule has 1 aliphatic heterocycles. The van der Waals surface area contributed by atoms with Crippen molar-refractivity contribution < 1.29 is 4.79 Å². The Labute approximate surface area is 155 Å². The van der Waals surface area contributed by atoms with E-state index in [2.05, 4.69) is 25.5 Å². The molecule has 128 valence electrons. The normalized spacial score (nSPS) is 15.7. The van der Waals surface area contributed by atoms with E-state index in [1.54, 1.807) is 20.3 Å². The molecule has 23 heavy (non-hydrogen) atoms. The molecule has 0 bridgehead atoms. The first kappa shape index (κ1) is 19.7. The lowest BCUT2D eigenvalue weighted by molar-refractivity contribution is -0.121. The maximum atomic E-state index is 11.4. The number of carbonyl (C=O) groups is 1. The van der Waals surface area contributed by atoms with Gasteiger partial charge in [-0.25, -0.2) is 0 Å². The van der Waals surface area contributed by atoms with Gasteiger partial charge in [0.2, 0.25) is 5.91 Å². The summed E-state index contributed by atoms with van der Waals surface area (Å²) in [6.07, 6.45) is 4.48. The average molecular weight is 431 g/mol. The highest BCUT2D eigenvalue weighted by atomic mass is 127. The van der Waals surface area contributed by atoms with Crippen molar-refractivity contribution in [3.63, 3.8) is 0 Å². The molecule has 0 saturated carbocycles. The van der Waals surface area contributed by atoms with E-state index in [1.165, 1.54) is 0 Å². The van der Waals surface area contributed by atoms with Crippen LogP contribution in [0.3, 0.4) is 0 Å². The van der Waals surface area contributed by atoms with Crippen LogP contribution in [0.15, 0.2) is 29.4 Å². The molecule has 0 radical (unpaired) electrons. The van der Waals surface area contributed by atoms with Gasteiger partial charge in [-0.3, -0.25) is 14.8 Å². The van der Waals surface area contributed by atoms with E-state index < -0.39 is 0 Å². The number of likely N-dealkylation sites (tertiary alicyclic amines) is 1. The van der Waals surface area contributed by atoms with Crippen LogP contribution in [0.2, 0.25) is 0 Å². The van der Waals surface area contributed by atoms with Crippen molar-refractivity contribution in [2.45, 2.75) is 25.8 Å². The number of hydrogen-bond donors (Lipinski definition) is 2. The number of rotatable bonds is 4. The quantitative estimate of drug-likeness (QED) is 0.432. The summed E-state index contributed by atoms with van der Waals surface area (Å²) in [5.41, 5.74) is 0.998. The molecular formula is C16H26IN5O. The third-order valence-corrected chi connectivity index (χ3v) is 4.03. The monoisotopic (exact) mass is 431 g/mol. The molecule has 1 amide bonds. The lowest BCUT2D eigenvalue weighted by Crippen LogP contribution is -2.45. The fourth-order valence-corrected chi connectivity index (χ4v) is 2.72. The molecule has 1 aromatic rings. The Balaban J connectivity index is 0.00000264. The Morgan fingerprint density at radius 3 is 2.70 bits per heavy atom. The van der Waals surface area contributed by atoms with Gasteiger partial charge < -0.3 is 15.5 Å². The Hall–Kier alpha value is -1.38. The SMILES string of the molecule is CN=C(NCc1ccccn1)N1CCC(CC(=O)NC)CC1.I. The predicted molar refractivity (Wildman–Crippen MR) is 103 cm³/mol. The highest BCUT2D eigenvalue weighted by molar-refractivity contribution is 14.0. The van der Waals surface area contributed by atoms with Crippen molar-refractivity contribution in [3.8, 4) is 0 Å². The summed E-state index contributed by atoms with van der Waals surface area (Å²) in [6.45, 7) is 2.54. The number of piperidine rings is 1. The van der Waals surface area contributed by atoms with Gasteiger partial charge in [-0.1, -0.05) is 6.07 Å². The number of aromatic nitrogens is 1. The minimum Gasteiger partial charge on any atom is -0.359 e. The first-order valence-corrected chi connectivity index (χ1v) is 7.79. The zero-order valence-corrected chi connectivity index (χ0v) is 16.1. The minimum absolute atomic E-state index is 0. The topological polar surface area (TPSA) is 69.6 Å². The van der Waals surface area contributed by atoms with E-state index >= 15 is 0 Å². The maximum Gasteiger partial charge on any atom is 0.220 e. The van der Waals surface area contributed by atoms with Crippen molar-refractivity contribution in [1.82, 2.24) is 20.5 Å². The standard InChI is InChI=1S/C16H25N5O.HI/c1-17-15(22)11-13-6-9-21(10-7-13)16(18-2)20-12-14-5-3-4-8-19-14;/h3-5,8,13H,6-7,9-12H2,1-2H3,(H,17,22)(H,18,20);1H. The van der Waals surface area contributed by atoms with Gasteiger partial charge in [-0.05, 0) is 30.9 Å². The number of halogens is 1. The van der Waals surface area contributed by atoms with Crippen LogP contribution in [-0.4, -0.2) is 48.9 Å². The van der Waals surface area contributed by atoms with Gasteiger partial charge >= 0.3 is 0 Å². The van der Waals surface area contributed by atoms with Crippen LogP contribution >= 0.6 is 24.0 Å². The lowest BCUT2D eigenvalue weighted by Gasteiger charge is -2.34. The first-order chi connectivity index (χ1) is 10.7. The molecular weight excluding hydrogens is 405 g/mol. The zero-order valence-electron chi connectivity index (χ0n) is 13.8.